The van der Waals surface area contributed by atoms with Crippen LogP contribution in [0, 0.1) is 0 Å². The molecule has 0 saturated heterocycles. The Morgan fingerprint density at radius 3 is 2.33 bits per heavy atom. The smallest absolute Gasteiger partial charge is 0.287 e. The van der Waals surface area contributed by atoms with E-state index in [-0.39, 0.29) is 30.8 Å². The SMILES string of the molecule is CCc1ccc(C(C(=O)NC2CCCCC2)N(Cc2ccco2)C(=O)CNC(=O)c2ccco2)cc1. The first-order valence-corrected chi connectivity index (χ1v) is 12.6. The highest BCUT2D eigenvalue weighted by molar-refractivity contribution is 5.95. The van der Waals surface area contributed by atoms with Gasteiger partial charge in [-0.3, -0.25) is 14.4 Å². The van der Waals surface area contributed by atoms with Gasteiger partial charge in [0.15, 0.2) is 5.76 Å². The Balaban J connectivity index is 1.61. The maximum absolute atomic E-state index is 13.7. The van der Waals surface area contributed by atoms with Crippen LogP contribution in [-0.2, 0) is 22.6 Å². The van der Waals surface area contributed by atoms with Gasteiger partial charge in [0.05, 0.1) is 25.6 Å². The average molecular weight is 492 g/mol. The molecule has 0 aliphatic heterocycles. The monoisotopic (exact) mass is 491 g/mol. The topological polar surface area (TPSA) is 105 Å². The van der Waals surface area contributed by atoms with Gasteiger partial charge < -0.3 is 24.4 Å². The normalized spacial score (nSPS) is 14.7. The van der Waals surface area contributed by atoms with Crippen molar-refractivity contribution in [3.63, 3.8) is 0 Å². The van der Waals surface area contributed by atoms with Crippen LogP contribution in [0.25, 0.3) is 0 Å². The Hall–Kier alpha value is -3.81. The predicted molar refractivity (Wildman–Crippen MR) is 134 cm³/mol. The zero-order valence-electron chi connectivity index (χ0n) is 20.6. The molecule has 0 radical (unpaired) electrons. The summed E-state index contributed by atoms with van der Waals surface area (Å²) in [5.41, 5.74) is 1.84. The van der Waals surface area contributed by atoms with Crippen LogP contribution in [0.5, 0.6) is 0 Å². The second-order valence-electron chi connectivity index (χ2n) is 9.10. The highest BCUT2D eigenvalue weighted by atomic mass is 16.3. The summed E-state index contributed by atoms with van der Waals surface area (Å²) in [6, 6.07) is 13.6. The van der Waals surface area contributed by atoms with Crippen molar-refractivity contribution in [3.8, 4) is 0 Å². The van der Waals surface area contributed by atoms with Crippen LogP contribution in [0.15, 0.2) is 69.9 Å². The number of carbonyl (C=O) groups is 3. The Bertz CT molecular complexity index is 1120. The molecule has 1 aromatic carbocycles. The van der Waals surface area contributed by atoms with E-state index in [0.717, 1.165) is 37.7 Å². The minimum atomic E-state index is -0.879. The van der Waals surface area contributed by atoms with Crippen LogP contribution in [0.2, 0.25) is 0 Å². The van der Waals surface area contributed by atoms with E-state index >= 15 is 0 Å². The van der Waals surface area contributed by atoms with Gasteiger partial charge in [0.25, 0.3) is 5.91 Å². The number of hydrogen-bond acceptors (Lipinski definition) is 5. The highest BCUT2D eigenvalue weighted by Crippen LogP contribution is 2.26. The minimum Gasteiger partial charge on any atom is -0.467 e. The number of nitrogens with zero attached hydrogens (tertiary/aromatic N) is 1. The number of benzene rings is 1. The molecule has 0 bridgehead atoms. The van der Waals surface area contributed by atoms with Crippen molar-refractivity contribution in [1.29, 1.82) is 0 Å². The van der Waals surface area contributed by atoms with Gasteiger partial charge in [-0.1, -0.05) is 50.5 Å². The van der Waals surface area contributed by atoms with E-state index in [1.807, 2.05) is 24.3 Å². The molecule has 3 amide bonds. The summed E-state index contributed by atoms with van der Waals surface area (Å²) in [4.78, 5) is 41.1. The molecule has 8 heteroatoms. The first-order chi connectivity index (χ1) is 17.5. The number of rotatable bonds is 10. The summed E-state index contributed by atoms with van der Waals surface area (Å²) in [5.74, 6) is -0.483. The first kappa shape index (κ1) is 25.3. The molecule has 1 aliphatic carbocycles. The van der Waals surface area contributed by atoms with Crippen LogP contribution in [-0.4, -0.2) is 35.2 Å². The van der Waals surface area contributed by atoms with E-state index in [4.69, 9.17) is 8.83 Å². The number of amides is 3. The Morgan fingerprint density at radius 2 is 1.69 bits per heavy atom. The third-order valence-electron chi connectivity index (χ3n) is 6.59. The lowest BCUT2D eigenvalue weighted by molar-refractivity contribution is -0.141. The van der Waals surface area contributed by atoms with Crippen molar-refractivity contribution in [2.24, 2.45) is 0 Å². The molecular formula is C28H33N3O5. The zero-order valence-corrected chi connectivity index (χ0v) is 20.6. The molecule has 1 unspecified atom stereocenters. The highest BCUT2D eigenvalue weighted by Gasteiger charge is 2.33. The van der Waals surface area contributed by atoms with E-state index < -0.39 is 17.9 Å². The van der Waals surface area contributed by atoms with E-state index in [2.05, 4.69) is 17.6 Å². The molecule has 1 saturated carbocycles. The van der Waals surface area contributed by atoms with E-state index in [9.17, 15) is 14.4 Å². The lowest BCUT2D eigenvalue weighted by Gasteiger charge is -2.33. The number of hydrogen-bond donors (Lipinski definition) is 2. The Morgan fingerprint density at radius 1 is 0.972 bits per heavy atom. The van der Waals surface area contributed by atoms with Crippen LogP contribution < -0.4 is 10.6 Å². The Kier molecular flexibility index (Phi) is 8.60. The summed E-state index contributed by atoms with van der Waals surface area (Å²) in [6.45, 7) is 1.86. The fourth-order valence-electron chi connectivity index (χ4n) is 4.58. The van der Waals surface area contributed by atoms with E-state index in [1.54, 1.807) is 18.2 Å². The predicted octanol–water partition coefficient (Wildman–Crippen LogP) is 4.38. The van der Waals surface area contributed by atoms with Gasteiger partial charge in [0.1, 0.15) is 11.8 Å². The summed E-state index contributed by atoms with van der Waals surface area (Å²) in [6.07, 6.45) is 8.98. The standard InChI is InChI=1S/C28H33N3O5/c1-2-20-12-14-21(15-13-20)26(28(34)30-22-8-4-3-5-9-22)31(19-23-10-6-16-35-23)25(32)18-29-27(33)24-11-7-17-36-24/h6-7,10-17,22,26H,2-5,8-9,18-19H2,1H3,(H,29,33)(H,30,34). The molecule has 190 valence electrons. The summed E-state index contributed by atoms with van der Waals surface area (Å²) >= 11 is 0. The molecule has 3 aromatic rings. The van der Waals surface area contributed by atoms with Gasteiger partial charge in [0, 0.05) is 6.04 Å². The van der Waals surface area contributed by atoms with Gasteiger partial charge in [0.2, 0.25) is 11.8 Å². The van der Waals surface area contributed by atoms with Crippen molar-refractivity contribution >= 4 is 17.7 Å². The lowest BCUT2D eigenvalue weighted by Crippen LogP contribution is -2.49. The van der Waals surface area contributed by atoms with Crippen molar-refractivity contribution in [1.82, 2.24) is 15.5 Å². The average Bonchev–Trinajstić information content (AvgIpc) is 3.62. The molecule has 2 aromatic heterocycles. The molecule has 2 N–H and O–H groups in total. The quantitative estimate of drug-likeness (QED) is 0.438. The number of aryl methyl sites for hydroxylation is 1. The van der Waals surface area contributed by atoms with Gasteiger partial charge >= 0.3 is 0 Å². The molecule has 4 rings (SSSR count). The first-order valence-electron chi connectivity index (χ1n) is 12.6. The number of furan rings is 2. The van der Waals surface area contributed by atoms with E-state index in [0.29, 0.717) is 11.3 Å². The molecule has 1 fully saturated rings. The second-order valence-corrected chi connectivity index (χ2v) is 9.10. The molecule has 1 atom stereocenters. The van der Waals surface area contributed by atoms with Gasteiger partial charge in [-0.15, -0.1) is 0 Å². The zero-order chi connectivity index (χ0) is 25.3. The maximum atomic E-state index is 13.7. The summed E-state index contributed by atoms with van der Waals surface area (Å²) in [5, 5.41) is 5.79. The van der Waals surface area contributed by atoms with Gasteiger partial charge in [-0.05, 0) is 54.7 Å². The molecule has 8 nitrogen and oxygen atoms in total. The fraction of sp³-hybridized carbons (Fsp3) is 0.393. The molecule has 1 aliphatic rings. The number of carbonyl (C=O) groups excluding carboxylic acids is 3. The molecule has 2 heterocycles. The van der Waals surface area contributed by atoms with Gasteiger partial charge in [-0.2, -0.15) is 0 Å². The van der Waals surface area contributed by atoms with Crippen molar-refractivity contribution in [2.75, 3.05) is 6.54 Å². The third-order valence-corrected chi connectivity index (χ3v) is 6.59. The number of nitrogens with one attached hydrogen (secondary N) is 2. The van der Waals surface area contributed by atoms with Crippen LogP contribution in [0.1, 0.15) is 72.5 Å². The molecular weight excluding hydrogens is 458 g/mol. The fourth-order valence-corrected chi connectivity index (χ4v) is 4.58. The summed E-state index contributed by atoms with van der Waals surface area (Å²) in [7, 11) is 0. The minimum absolute atomic E-state index is 0.0841. The van der Waals surface area contributed by atoms with Crippen molar-refractivity contribution in [2.45, 2.75) is 64.1 Å². The lowest BCUT2D eigenvalue weighted by atomic mass is 9.94. The second kappa shape index (κ2) is 12.2. The van der Waals surface area contributed by atoms with Gasteiger partial charge in [-0.25, -0.2) is 0 Å². The molecule has 0 spiro atoms. The van der Waals surface area contributed by atoms with Crippen molar-refractivity contribution in [3.05, 3.63) is 83.7 Å². The maximum Gasteiger partial charge on any atom is 0.287 e. The van der Waals surface area contributed by atoms with Crippen LogP contribution in [0.4, 0.5) is 0 Å². The van der Waals surface area contributed by atoms with Crippen LogP contribution >= 0.6 is 0 Å². The third kappa shape index (κ3) is 6.44. The molecule has 36 heavy (non-hydrogen) atoms. The van der Waals surface area contributed by atoms with Crippen LogP contribution in [0.3, 0.4) is 0 Å². The van der Waals surface area contributed by atoms with Crippen molar-refractivity contribution < 1.29 is 23.2 Å². The Labute approximate surface area is 211 Å². The van der Waals surface area contributed by atoms with E-state index in [1.165, 1.54) is 29.9 Å². The summed E-state index contributed by atoms with van der Waals surface area (Å²) < 4.78 is 10.6. The largest absolute Gasteiger partial charge is 0.467 e.